The van der Waals surface area contributed by atoms with Crippen LogP contribution in [0.2, 0.25) is 5.02 Å². The number of anilines is 1. The molecule has 23 heavy (non-hydrogen) atoms. The van der Waals surface area contributed by atoms with E-state index in [1.54, 1.807) is 18.2 Å². The highest BCUT2D eigenvalue weighted by molar-refractivity contribution is 7.92. The summed E-state index contributed by atoms with van der Waals surface area (Å²) in [6, 6.07) is 7.93. The molecular formula is C16H18ClNO4S. The molecule has 0 spiro atoms. The predicted molar refractivity (Wildman–Crippen MR) is 91.3 cm³/mol. The number of methoxy groups -OCH3 is 2. The van der Waals surface area contributed by atoms with E-state index in [2.05, 4.69) is 4.72 Å². The van der Waals surface area contributed by atoms with Gasteiger partial charge in [0.1, 0.15) is 11.5 Å². The Balaban J connectivity index is 2.44. The van der Waals surface area contributed by atoms with Gasteiger partial charge in [-0.15, -0.1) is 0 Å². The van der Waals surface area contributed by atoms with Crippen molar-refractivity contribution in [1.29, 1.82) is 0 Å². The van der Waals surface area contributed by atoms with Crippen molar-refractivity contribution >= 4 is 27.3 Å². The molecule has 0 saturated heterocycles. The molecule has 2 aromatic rings. The van der Waals surface area contributed by atoms with Crippen LogP contribution in [0.25, 0.3) is 0 Å². The molecule has 0 aliphatic rings. The fourth-order valence-corrected chi connectivity index (χ4v) is 3.41. The minimum Gasteiger partial charge on any atom is -0.495 e. The highest BCUT2D eigenvalue weighted by Crippen LogP contribution is 2.37. The molecule has 0 aliphatic heterocycles. The molecule has 1 N–H and O–H groups in total. The molecule has 0 fully saturated rings. The van der Waals surface area contributed by atoms with Crippen LogP contribution >= 0.6 is 11.6 Å². The van der Waals surface area contributed by atoms with Crippen molar-refractivity contribution < 1.29 is 17.9 Å². The number of hydrogen-bond acceptors (Lipinski definition) is 4. The van der Waals surface area contributed by atoms with Gasteiger partial charge in [-0.3, -0.25) is 4.72 Å². The van der Waals surface area contributed by atoms with Crippen molar-refractivity contribution in [3.8, 4) is 11.5 Å². The smallest absolute Gasteiger partial charge is 0.262 e. The minimum atomic E-state index is -3.75. The number of hydrogen-bond donors (Lipinski definition) is 1. The molecule has 0 aliphatic carbocycles. The van der Waals surface area contributed by atoms with Crippen LogP contribution in [-0.4, -0.2) is 22.6 Å². The van der Waals surface area contributed by atoms with Crippen LogP contribution in [0, 0.1) is 13.8 Å². The van der Waals surface area contributed by atoms with Gasteiger partial charge in [0, 0.05) is 6.07 Å². The van der Waals surface area contributed by atoms with Crippen LogP contribution in [0.3, 0.4) is 0 Å². The van der Waals surface area contributed by atoms with Gasteiger partial charge in [-0.2, -0.15) is 0 Å². The third-order valence-corrected chi connectivity index (χ3v) is 5.17. The minimum absolute atomic E-state index is 0.176. The first-order valence-electron chi connectivity index (χ1n) is 6.80. The van der Waals surface area contributed by atoms with E-state index in [1.807, 2.05) is 13.8 Å². The summed E-state index contributed by atoms with van der Waals surface area (Å²) in [5.74, 6) is 0.719. The van der Waals surface area contributed by atoms with E-state index < -0.39 is 10.0 Å². The van der Waals surface area contributed by atoms with Crippen molar-refractivity contribution in [2.75, 3.05) is 18.9 Å². The molecule has 2 rings (SSSR count). The van der Waals surface area contributed by atoms with Crippen LogP contribution in [0.4, 0.5) is 5.69 Å². The average Bonchev–Trinajstić information content (AvgIpc) is 2.50. The SMILES string of the molecule is COc1cc(OC)c(NS(=O)(=O)c2ccc(C)c(C)c2)cc1Cl. The summed E-state index contributed by atoms with van der Waals surface area (Å²) in [7, 11) is -0.838. The Labute approximate surface area is 141 Å². The standard InChI is InChI=1S/C16H18ClNO4S/c1-10-5-6-12(7-11(10)2)23(19,20)18-14-8-13(17)15(21-3)9-16(14)22-4/h5-9,18H,1-4H3. The molecule has 0 aromatic heterocycles. The van der Waals surface area contributed by atoms with Crippen molar-refractivity contribution in [3.05, 3.63) is 46.5 Å². The fraction of sp³-hybridized carbons (Fsp3) is 0.250. The van der Waals surface area contributed by atoms with Crippen molar-refractivity contribution in [1.82, 2.24) is 0 Å². The van der Waals surface area contributed by atoms with Gasteiger partial charge in [-0.25, -0.2) is 8.42 Å². The number of sulfonamides is 1. The molecule has 124 valence electrons. The molecule has 0 radical (unpaired) electrons. The Morgan fingerprint density at radius 3 is 2.17 bits per heavy atom. The molecule has 0 atom stereocenters. The van der Waals surface area contributed by atoms with Crippen LogP contribution in [0.5, 0.6) is 11.5 Å². The van der Waals surface area contributed by atoms with Crippen molar-refractivity contribution in [3.63, 3.8) is 0 Å². The number of rotatable bonds is 5. The first-order chi connectivity index (χ1) is 10.8. The maximum absolute atomic E-state index is 12.6. The Morgan fingerprint density at radius 1 is 0.957 bits per heavy atom. The Morgan fingerprint density at radius 2 is 1.61 bits per heavy atom. The number of halogens is 1. The second-order valence-electron chi connectivity index (χ2n) is 5.04. The van der Waals surface area contributed by atoms with Gasteiger partial charge in [0.25, 0.3) is 10.0 Å². The third kappa shape index (κ3) is 3.71. The molecule has 0 heterocycles. The second kappa shape index (κ2) is 6.68. The topological polar surface area (TPSA) is 64.6 Å². The summed E-state index contributed by atoms with van der Waals surface area (Å²) in [6.45, 7) is 3.78. The summed E-state index contributed by atoms with van der Waals surface area (Å²) < 4.78 is 37.9. The number of aryl methyl sites for hydroxylation is 2. The summed E-state index contributed by atoms with van der Waals surface area (Å²) in [6.07, 6.45) is 0. The Kier molecular flexibility index (Phi) is 5.06. The van der Waals surface area contributed by atoms with Gasteiger partial charge in [0.05, 0.1) is 29.8 Å². The predicted octanol–water partition coefficient (Wildman–Crippen LogP) is 3.77. The van der Waals surface area contributed by atoms with Crippen LogP contribution < -0.4 is 14.2 Å². The van der Waals surface area contributed by atoms with E-state index in [0.29, 0.717) is 11.5 Å². The maximum Gasteiger partial charge on any atom is 0.262 e. The normalized spacial score (nSPS) is 11.2. The second-order valence-corrected chi connectivity index (χ2v) is 7.13. The van der Waals surface area contributed by atoms with Crippen molar-refractivity contribution in [2.45, 2.75) is 18.7 Å². The number of benzene rings is 2. The number of nitrogens with one attached hydrogen (secondary N) is 1. The van der Waals surface area contributed by atoms with Gasteiger partial charge >= 0.3 is 0 Å². The van der Waals surface area contributed by atoms with Gasteiger partial charge in [-0.1, -0.05) is 17.7 Å². The zero-order valence-electron chi connectivity index (χ0n) is 13.3. The zero-order valence-corrected chi connectivity index (χ0v) is 14.9. The van der Waals surface area contributed by atoms with Crippen LogP contribution in [-0.2, 0) is 10.0 Å². The first-order valence-corrected chi connectivity index (χ1v) is 8.66. The van der Waals surface area contributed by atoms with E-state index >= 15 is 0 Å². The first kappa shape index (κ1) is 17.4. The van der Waals surface area contributed by atoms with E-state index in [1.165, 1.54) is 26.4 Å². The lowest BCUT2D eigenvalue weighted by Crippen LogP contribution is -2.14. The molecule has 5 nitrogen and oxygen atoms in total. The Hall–Kier alpha value is -1.92. The maximum atomic E-state index is 12.6. The summed E-state index contributed by atoms with van der Waals surface area (Å²) >= 11 is 6.06. The molecular weight excluding hydrogens is 338 g/mol. The summed E-state index contributed by atoms with van der Waals surface area (Å²) in [4.78, 5) is 0.176. The van der Waals surface area contributed by atoms with Gasteiger partial charge in [0.15, 0.2) is 0 Å². The zero-order chi connectivity index (χ0) is 17.2. The average molecular weight is 356 g/mol. The van der Waals surface area contributed by atoms with Gasteiger partial charge in [-0.05, 0) is 43.2 Å². The van der Waals surface area contributed by atoms with Gasteiger partial charge in [0.2, 0.25) is 0 Å². The largest absolute Gasteiger partial charge is 0.495 e. The highest BCUT2D eigenvalue weighted by Gasteiger charge is 2.19. The van der Waals surface area contributed by atoms with E-state index in [9.17, 15) is 8.42 Å². The monoisotopic (exact) mass is 355 g/mol. The van der Waals surface area contributed by atoms with Crippen molar-refractivity contribution in [2.24, 2.45) is 0 Å². The molecule has 0 amide bonds. The van der Waals surface area contributed by atoms with Gasteiger partial charge < -0.3 is 9.47 Å². The van der Waals surface area contributed by atoms with E-state index in [0.717, 1.165) is 11.1 Å². The van der Waals surface area contributed by atoms with Crippen LogP contribution in [0.1, 0.15) is 11.1 Å². The fourth-order valence-electron chi connectivity index (χ4n) is 2.02. The lowest BCUT2D eigenvalue weighted by atomic mass is 10.1. The highest BCUT2D eigenvalue weighted by atomic mass is 35.5. The van der Waals surface area contributed by atoms with E-state index in [4.69, 9.17) is 21.1 Å². The molecule has 0 bridgehead atoms. The molecule has 0 unspecified atom stereocenters. The molecule has 0 saturated carbocycles. The number of ether oxygens (including phenoxy) is 2. The lowest BCUT2D eigenvalue weighted by Gasteiger charge is -2.14. The van der Waals surface area contributed by atoms with E-state index in [-0.39, 0.29) is 15.6 Å². The quantitative estimate of drug-likeness (QED) is 0.886. The third-order valence-electron chi connectivity index (χ3n) is 3.51. The molecule has 7 heteroatoms. The molecule has 2 aromatic carbocycles. The summed E-state index contributed by atoms with van der Waals surface area (Å²) in [5.41, 5.74) is 2.16. The Bertz CT molecular complexity index is 834. The lowest BCUT2D eigenvalue weighted by molar-refractivity contribution is 0.396. The summed E-state index contributed by atoms with van der Waals surface area (Å²) in [5, 5.41) is 0.283. The van der Waals surface area contributed by atoms with Crippen LogP contribution in [0.15, 0.2) is 35.2 Å².